The highest BCUT2D eigenvalue weighted by Gasteiger charge is 2.23. The first kappa shape index (κ1) is 14.4. The van der Waals surface area contributed by atoms with Crippen LogP contribution in [0.25, 0.3) is 11.6 Å². The molecule has 0 saturated heterocycles. The largest absolute Gasteiger partial charge is 0.338 e. The van der Waals surface area contributed by atoms with Gasteiger partial charge in [-0.15, -0.1) is 0 Å². The van der Waals surface area contributed by atoms with Gasteiger partial charge in [-0.1, -0.05) is 5.16 Å². The van der Waals surface area contributed by atoms with Gasteiger partial charge in [-0.25, -0.2) is 9.97 Å². The van der Waals surface area contributed by atoms with Crippen molar-refractivity contribution in [2.75, 3.05) is 0 Å². The van der Waals surface area contributed by atoms with Gasteiger partial charge in [0.05, 0.1) is 11.6 Å². The lowest BCUT2D eigenvalue weighted by Gasteiger charge is -2.07. The number of aromatic nitrogens is 6. The molecule has 0 aromatic carbocycles. The lowest BCUT2D eigenvalue weighted by Crippen LogP contribution is -2.01. The highest BCUT2D eigenvalue weighted by Crippen LogP contribution is 2.28. The standard InChI is InChI=1S/C15H18N6O/c1-8-6-7-16-13(17-8)14-18-15(22-20-14)9(2)12-10(3)19-21(5)11(12)4/h6-7,9H,1-5H3. The minimum Gasteiger partial charge on any atom is -0.338 e. The molecule has 0 amide bonds. The summed E-state index contributed by atoms with van der Waals surface area (Å²) in [5.41, 5.74) is 4.04. The van der Waals surface area contributed by atoms with Crippen molar-refractivity contribution in [3.63, 3.8) is 0 Å². The molecule has 1 atom stereocenters. The average molecular weight is 298 g/mol. The normalized spacial score (nSPS) is 12.6. The smallest absolute Gasteiger partial charge is 0.240 e. The van der Waals surface area contributed by atoms with Crippen LogP contribution in [0.5, 0.6) is 0 Å². The van der Waals surface area contributed by atoms with Gasteiger partial charge < -0.3 is 4.52 Å². The lowest BCUT2D eigenvalue weighted by molar-refractivity contribution is 0.370. The first-order valence-corrected chi connectivity index (χ1v) is 7.11. The summed E-state index contributed by atoms with van der Waals surface area (Å²) in [7, 11) is 1.93. The molecular formula is C15H18N6O. The third-order valence-corrected chi connectivity index (χ3v) is 3.80. The molecule has 22 heavy (non-hydrogen) atoms. The van der Waals surface area contributed by atoms with Crippen LogP contribution >= 0.6 is 0 Å². The fourth-order valence-electron chi connectivity index (χ4n) is 2.60. The molecule has 3 aromatic heterocycles. The minimum atomic E-state index is -0.0280. The summed E-state index contributed by atoms with van der Waals surface area (Å²) >= 11 is 0. The second-order valence-corrected chi connectivity index (χ2v) is 5.41. The Morgan fingerprint density at radius 2 is 1.91 bits per heavy atom. The molecule has 0 spiro atoms. The van der Waals surface area contributed by atoms with Crippen LogP contribution in [0.3, 0.4) is 0 Å². The van der Waals surface area contributed by atoms with E-state index in [1.54, 1.807) is 6.20 Å². The van der Waals surface area contributed by atoms with E-state index >= 15 is 0 Å². The van der Waals surface area contributed by atoms with E-state index in [4.69, 9.17) is 4.52 Å². The Morgan fingerprint density at radius 3 is 2.55 bits per heavy atom. The summed E-state index contributed by atoms with van der Waals surface area (Å²) in [5.74, 6) is 1.39. The molecule has 0 bridgehead atoms. The van der Waals surface area contributed by atoms with Crippen molar-refractivity contribution < 1.29 is 4.52 Å². The fraction of sp³-hybridized carbons (Fsp3) is 0.400. The van der Waals surface area contributed by atoms with Crippen molar-refractivity contribution in [1.82, 2.24) is 29.9 Å². The molecule has 7 nitrogen and oxygen atoms in total. The van der Waals surface area contributed by atoms with Gasteiger partial charge in [0.1, 0.15) is 0 Å². The molecule has 3 aromatic rings. The predicted octanol–water partition coefficient (Wildman–Crippen LogP) is 2.34. The third-order valence-electron chi connectivity index (χ3n) is 3.80. The lowest BCUT2D eigenvalue weighted by atomic mass is 9.99. The van der Waals surface area contributed by atoms with Crippen LogP contribution in [-0.4, -0.2) is 29.9 Å². The van der Waals surface area contributed by atoms with Gasteiger partial charge in [0, 0.05) is 30.2 Å². The van der Waals surface area contributed by atoms with Gasteiger partial charge in [0.2, 0.25) is 17.5 Å². The van der Waals surface area contributed by atoms with Crippen molar-refractivity contribution in [2.45, 2.75) is 33.6 Å². The molecule has 0 saturated carbocycles. The molecule has 3 heterocycles. The van der Waals surface area contributed by atoms with E-state index in [9.17, 15) is 0 Å². The summed E-state index contributed by atoms with van der Waals surface area (Å²) in [6.45, 7) is 7.95. The second kappa shape index (κ2) is 5.32. The number of hydrogen-bond donors (Lipinski definition) is 0. The van der Waals surface area contributed by atoms with Gasteiger partial charge in [-0.3, -0.25) is 4.68 Å². The van der Waals surface area contributed by atoms with Gasteiger partial charge in [0.25, 0.3) is 0 Å². The van der Waals surface area contributed by atoms with Crippen LogP contribution in [0.1, 0.15) is 41.4 Å². The van der Waals surface area contributed by atoms with Crippen molar-refractivity contribution in [1.29, 1.82) is 0 Å². The summed E-state index contributed by atoms with van der Waals surface area (Å²) in [5, 5.41) is 8.44. The molecule has 3 rings (SSSR count). The highest BCUT2D eigenvalue weighted by atomic mass is 16.5. The van der Waals surface area contributed by atoms with Gasteiger partial charge in [0.15, 0.2) is 0 Å². The van der Waals surface area contributed by atoms with Gasteiger partial charge in [-0.2, -0.15) is 10.1 Å². The summed E-state index contributed by atoms with van der Waals surface area (Å²) in [6.07, 6.45) is 1.69. The van der Waals surface area contributed by atoms with E-state index in [0.717, 1.165) is 22.6 Å². The van der Waals surface area contributed by atoms with Crippen molar-refractivity contribution in [2.24, 2.45) is 7.05 Å². The van der Waals surface area contributed by atoms with E-state index in [1.165, 1.54) is 0 Å². The van der Waals surface area contributed by atoms with E-state index < -0.39 is 0 Å². The maximum Gasteiger partial charge on any atom is 0.240 e. The quantitative estimate of drug-likeness (QED) is 0.738. The second-order valence-electron chi connectivity index (χ2n) is 5.41. The molecule has 0 aliphatic heterocycles. The molecule has 0 N–H and O–H groups in total. The topological polar surface area (TPSA) is 82.5 Å². The van der Waals surface area contributed by atoms with E-state index in [1.807, 2.05) is 45.5 Å². The zero-order chi connectivity index (χ0) is 15.9. The molecule has 1 unspecified atom stereocenters. The first-order valence-electron chi connectivity index (χ1n) is 7.11. The zero-order valence-corrected chi connectivity index (χ0v) is 13.3. The van der Waals surface area contributed by atoms with Crippen LogP contribution in [0, 0.1) is 20.8 Å². The Kier molecular flexibility index (Phi) is 3.48. The van der Waals surface area contributed by atoms with Crippen molar-refractivity contribution in [3.05, 3.63) is 40.8 Å². The Bertz CT molecular complexity index is 819. The number of aryl methyl sites for hydroxylation is 3. The SMILES string of the molecule is Cc1ccnc(-c2noc(C(C)c3c(C)nn(C)c3C)n2)n1. The molecule has 0 aliphatic rings. The number of rotatable bonds is 3. The van der Waals surface area contributed by atoms with E-state index in [-0.39, 0.29) is 5.92 Å². The molecule has 7 heteroatoms. The zero-order valence-electron chi connectivity index (χ0n) is 13.3. The summed E-state index contributed by atoms with van der Waals surface area (Å²) in [4.78, 5) is 12.9. The predicted molar refractivity (Wildman–Crippen MR) is 80.3 cm³/mol. The Morgan fingerprint density at radius 1 is 1.14 bits per heavy atom. The summed E-state index contributed by atoms with van der Waals surface area (Å²) in [6, 6.07) is 1.83. The first-order chi connectivity index (χ1) is 10.5. The fourth-order valence-corrected chi connectivity index (χ4v) is 2.60. The van der Waals surface area contributed by atoms with E-state index in [2.05, 4.69) is 25.2 Å². The molecular weight excluding hydrogens is 280 g/mol. The Hall–Kier alpha value is -2.57. The van der Waals surface area contributed by atoms with Gasteiger partial charge in [-0.05, 0) is 33.8 Å². The average Bonchev–Trinajstić information content (AvgIpc) is 3.05. The monoisotopic (exact) mass is 298 g/mol. The molecule has 0 radical (unpaired) electrons. The number of nitrogens with zero attached hydrogens (tertiary/aromatic N) is 6. The number of hydrogen-bond acceptors (Lipinski definition) is 6. The highest BCUT2D eigenvalue weighted by molar-refractivity contribution is 5.42. The molecule has 114 valence electrons. The maximum absolute atomic E-state index is 5.42. The van der Waals surface area contributed by atoms with E-state index in [0.29, 0.717) is 17.5 Å². The Labute approximate surface area is 128 Å². The molecule has 0 aliphatic carbocycles. The minimum absolute atomic E-state index is 0.0280. The van der Waals surface area contributed by atoms with Crippen LogP contribution < -0.4 is 0 Å². The van der Waals surface area contributed by atoms with Gasteiger partial charge >= 0.3 is 0 Å². The molecule has 0 fully saturated rings. The third kappa shape index (κ3) is 2.38. The van der Waals surface area contributed by atoms with Crippen LogP contribution in [0.4, 0.5) is 0 Å². The van der Waals surface area contributed by atoms with Crippen molar-refractivity contribution >= 4 is 0 Å². The summed E-state index contributed by atoms with van der Waals surface area (Å²) < 4.78 is 7.28. The maximum atomic E-state index is 5.42. The van der Waals surface area contributed by atoms with Crippen LogP contribution in [0.2, 0.25) is 0 Å². The van der Waals surface area contributed by atoms with Crippen LogP contribution in [-0.2, 0) is 7.05 Å². The Balaban J connectivity index is 1.97. The van der Waals surface area contributed by atoms with Crippen LogP contribution in [0.15, 0.2) is 16.8 Å². The van der Waals surface area contributed by atoms with Crippen molar-refractivity contribution in [3.8, 4) is 11.6 Å².